The van der Waals surface area contributed by atoms with E-state index in [1.54, 1.807) is 16.7 Å². The summed E-state index contributed by atoms with van der Waals surface area (Å²) in [5.74, 6) is -3.17. The zero-order valence-electron chi connectivity index (χ0n) is 27.5. The molecule has 0 radical (unpaired) electrons. The molecular weight excluding hydrogens is 623 g/mol. The van der Waals surface area contributed by atoms with Crippen LogP contribution in [0.5, 0.6) is 0 Å². The number of hydrogen-bond acceptors (Lipinski definition) is 7. The molecule has 0 fully saturated rings. The molecule has 4 N–H and O–H groups in total. The van der Waals surface area contributed by atoms with Crippen LogP contribution < -0.4 is 34.9 Å². The Hall–Kier alpha value is -3.94. The van der Waals surface area contributed by atoms with Gasteiger partial charge in [-0.25, -0.2) is 18.6 Å². The number of aliphatic carboxylic acids is 1. The van der Waals surface area contributed by atoms with Crippen LogP contribution in [0.1, 0.15) is 67.1 Å². The van der Waals surface area contributed by atoms with Crippen molar-refractivity contribution in [3.8, 4) is 22.3 Å². The van der Waals surface area contributed by atoms with Crippen molar-refractivity contribution < 1.29 is 74.2 Å². The summed E-state index contributed by atoms with van der Waals surface area (Å²) in [4.78, 5) is 41.2. The second kappa shape index (κ2) is 16.8. The van der Waals surface area contributed by atoms with Gasteiger partial charge in [-0.05, 0) is 80.6 Å². The summed E-state index contributed by atoms with van der Waals surface area (Å²) in [6.07, 6.45) is -1.48. The minimum atomic E-state index is -1.25. The number of aliphatic hydroxyl groups is 2. The number of nitrogens with zero attached hydrogens (tertiary/aromatic N) is 2. The summed E-state index contributed by atoms with van der Waals surface area (Å²) in [5.41, 5.74) is 3.02. The van der Waals surface area contributed by atoms with Crippen molar-refractivity contribution in [1.29, 1.82) is 0 Å². The third-order valence-corrected chi connectivity index (χ3v) is 7.40. The van der Waals surface area contributed by atoms with Gasteiger partial charge in [0.15, 0.2) is 0 Å². The number of benzene rings is 2. The van der Waals surface area contributed by atoms with E-state index >= 15 is 0 Å². The Kier molecular flexibility index (Phi) is 13.4. The van der Waals surface area contributed by atoms with E-state index in [4.69, 9.17) is 9.84 Å². The molecule has 13 heteroatoms. The number of carbonyl (C=O) groups excluding carboxylic acids is 2. The second-order valence-electron chi connectivity index (χ2n) is 11.1. The molecule has 0 aliphatic rings. The fourth-order valence-corrected chi connectivity index (χ4v) is 5.40. The topological polar surface area (TPSA) is 151 Å². The summed E-state index contributed by atoms with van der Waals surface area (Å²) in [5, 5.41) is 32.6. The first kappa shape index (κ1) is 37.5. The molecule has 1 amide bonds. The molecule has 4 aromatic rings. The number of methoxy groups -OCH3 is 1. The predicted molar refractivity (Wildman–Crippen MR) is 167 cm³/mol. The standard InChI is InChI=1S/C34H35F2N3O7.Na.H/c1-19(2)39-27(14-13-25(40)16-26(41)17-29(42)43)30(20-4-9-23(35)10-5-20)31(21-6-11-24(36)12-7-21)32(39)33(44)38-28-15-8-22(18-37-28)34(45)46-3;;/h4-12,15,18-19,25-26,40-41H,13-14,16-17H2,1-3H3,(H,42,43)(H,37,38,44);;/q;+1;-1. The van der Waals surface area contributed by atoms with Gasteiger partial charge in [0.25, 0.3) is 5.91 Å². The number of aliphatic hydroxyl groups excluding tert-OH is 2. The summed E-state index contributed by atoms with van der Waals surface area (Å²) in [7, 11) is 1.24. The van der Waals surface area contributed by atoms with E-state index in [1.807, 2.05) is 13.8 Å². The van der Waals surface area contributed by atoms with Gasteiger partial charge in [0.2, 0.25) is 0 Å². The minimum Gasteiger partial charge on any atom is -1.00 e. The molecule has 2 aromatic carbocycles. The quantitative estimate of drug-likeness (QED) is 0.126. The van der Waals surface area contributed by atoms with Crippen molar-refractivity contribution >= 4 is 23.7 Å². The Balaban J connectivity index is 0.00000400. The Labute approximate surface area is 294 Å². The van der Waals surface area contributed by atoms with Crippen LogP contribution in [0.4, 0.5) is 14.6 Å². The largest absolute Gasteiger partial charge is 1.00 e. The molecule has 2 heterocycles. The second-order valence-corrected chi connectivity index (χ2v) is 11.1. The van der Waals surface area contributed by atoms with Crippen molar-refractivity contribution in [2.75, 3.05) is 12.4 Å². The number of ether oxygens (including phenoxy) is 1. The number of nitrogens with one attached hydrogen (secondary N) is 1. The maximum Gasteiger partial charge on any atom is 1.00 e. The van der Waals surface area contributed by atoms with Crippen LogP contribution >= 0.6 is 0 Å². The number of carboxylic acid groups (broad SMARTS) is 1. The van der Waals surface area contributed by atoms with E-state index in [0.29, 0.717) is 27.9 Å². The minimum absolute atomic E-state index is 0. The van der Waals surface area contributed by atoms with Gasteiger partial charge in [-0.1, -0.05) is 24.3 Å². The molecular formula is C34H36F2N3NaO7. The number of anilines is 1. The molecule has 10 nitrogen and oxygen atoms in total. The molecule has 2 atom stereocenters. The molecule has 47 heavy (non-hydrogen) atoms. The van der Waals surface area contributed by atoms with Crippen LogP contribution in [0.2, 0.25) is 0 Å². The van der Waals surface area contributed by atoms with Crippen molar-refractivity contribution in [3.05, 3.63) is 95.4 Å². The summed E-state index contributed by atoms with van der Waals surface area (Å²) < 4.78 is 34.7. The normalized spacial score (nSPS) is 12.3. The van der Waals surface area contributed by atoms with Crippen molar-refractivity contribution in [1.82, 2.24) is 9.55 Å². The first-order chi connectivity index (χ1) is 21.9. The molecule has 2 unspecified atom stereocenters. The number of amides is 1. The number of pyridine rings is 1. The summed E-state index contributed by atoms with van der Waals surface area (Å²) in [6.45, 7) is 3.72. The van der Waals surface area contributed by atoms with Crippen LogP contribution in [0.15, 0.2) is 66.9 Å². The smallest absolute Gasteiger partial charge is 1.00 e. The SMILES string of the molecule is COC(=O)c1ccc(NC(=O)c2c(-c3ccc(F)cc3)c(-c3ccc(F)cc3)c(CCC(O)CC(O)CC(=O)O)n2C(C)C)nc1.[H-].[Na+]. The number of aromatic nitrogens is 2. The third kappa shape index (κ3) is 9.33. The Morgan fingerprint density at radius 1 is 0.915 bits per heavy atom. The van der Waals surface area contributed by atoms with Gasteiger partial charge in [0, 0.05) is 29.1 Å². The van der Waals surface area contributed by atoms with Crippen LogP contribution in [0.25, 0.3) is 22.3 Å². The van der Waals surface area contributed by atoms with E-state index in [2.05, 4.69) is 10.3 Å². The van der Waals surface area contributed by atoms with Gasteiger partial charge in [-0.3, -0.25) is 9.59 Å². The number of carboxylic acids is 1. The van der Waals surface area contributed by atoms with E-state index < -0.39 is 48.1 Å². The van der Waals surface area contributed by atoms with E-state index in [1.165, 1.54) is 61.8 Å². The molecule has 0 spiro atoms. The van der Waals surface area contributed by atoms with E-state index in [0.717, 1.165) is 0 Å². The van der Waals surface area contributed by atoms with Gasteiger partial charge >= 0.3 is 41.5 Å². The average Bonchev–Trinajstić information content (AvgIpc) is 3.36. The van der Waals surface area contributed by atoms with Crippen molar-refractivity contribution in [2.45, 2.75) is 57.8 Å². The number of rotatable bonds is 13. The predicted octanol–water partition coefficient (Wildman–Crippen LogP) is 2.75. The van der Waals surface area contributed by atoms with Crippen LogP contribution in [-0.2, 0) is 16.0 Å². The first-order valence-corrected chi connectivity index (χ1v) is 14.6. The third-order valence-electron chi connectivity index (χ3n) is 7.40. The molecule has 4 rings (SSSR count). The van der Waals surface area contributed by atoms with Gasteiger partial charge in [-0.2, -0.15) is 0 Å². The number of hydrogen-bond donors (Lipinski definition) is 4. The van der Waals surface area contributed by atoms with Gasteiger partial charge < -0.3 is 31.4 Å². The molecule has 2 aromatic heterocycles. The van der Waals surface area contributed by atoms with Crippen LogP contribution in [0.3, 0.4) is 0 Å². The molecule has 0 aliphatic heterocycles. The number of esters is 1. The van der Waals surface area contributed by atoms with Gasteiger partial charge in [-0.15, -0.1) is 0 Å². The van der Waals surface area contributed by atoms with Crippen LogP contribution in [0, 0.1) is 11.6 Å². The zero-order valence-corrected chi connectivity index (χ0v) is 28.5. The first-order valence-electron chi connectivity index (χ1n) is 14.6. The Morgan fingerprint density at radius 3 is 1.98 bits per heavy atom. The summed E-state index contributed by atoms with van der Waals surface area (Å²) in [6, 6.07) is 13.9. The van der Waals surface area contributed by atoms with E-state index in [-0.39, 0.29) is 73.4 Å². The fraction of sp³-hybridized carbons (Fsp3) is 0.294. The monoisotopic (exact) mass is 659 g/mol. The van der Waals surface area contributed by atoms with Crippen LogP contribution in [-0.4, -0.2) is 62.0 Å². The van der Waals surface area contributed by atoms with E-state index in [9.17, 15) is 33.4 Å². The molecule has 0 aliphatic carbocycles. The maximum absolute atomic E-state index is 14.2. The Morgan fingerprint density at radius 2 is 1.49 bits per heavy atom. The van der Waals surface area contributed by atoms with Gasteiger partial charge in [0.05, 0.1) is 31.3 Å². The number of halogens is 2. The molecule has 0 saturated heterocycles. The zero-order chi connectivity index (χ0) is 33.5. The van der Waals surface area contributed by atoms with Crippen molar-refractivity contribution in [3.63, 3.8) is 0 Å². The summed E-state index contributed by atoms with van der Waals surface area (Å²) >= 11 is 0. The number of carbonyl (C=O) groups is 3. The Bertz CT molecular complexity index is 1700. The molecule has 244 valence electrons. The molecule has 0 saturated carbocycles. The average molecular weight is 660 g/mol. The fourth-order valence-electron chi connectivity index (χ4n) is 5.40. The maximum atomic E-state index is 14.2. The van der Waals surface area contributed by atoms with Gasteiger partial charge in [0.1, 0.15) is 23.1 Å². The van der Waals surface area contributed by atoms with Crippen molar-refractivity contribution in [2.24, 2.45) is 0 Å². The molecule has 0 bridgehead atoms.